The van der Waals surface area contributed by atoms with Gasteiger partial charge in [0.1, 0.15) is 11.8 Å². The van der Waals surface area contributed by atoms with Gasteiger partial charge in [-0.3, -0.25) is 4.79 Å². The molecular formula is C17H18N8O. The first kappa shape index (κ1) is 16.0. The van der Waals surface area contributed by atoms with Crippen LogP contribution in [0.3, 0.4) is 0 Å². The minimum atomic E-state index is -0.0933. The maximum Gasteiger partial charge on any atom is 0.280 e. The standard InChI is InChI=1S/C17H18N8O/c1-10-5-4-6-11-13(10)17(26)25(24(2)3)12(23-11)7-18-15-14-16(20-8-19-14)22-9-21-15/h4-6,8-9H,7H2,1-3H3,(H2,18,19,20,21,22). The Balaban J connectivity index is 1.80. The second-order valence-corrected chi connectivity index (χ2v) is 6.14. The van der Waals surface area contributed by atoms with Crippen LogP contribution in [-0.2, 0) is 6.54 Å². The molecule has 3 heterocycles. The van der Waals surface area contributed by atoms with Crippen molar-refractivity contribution in [1.82, 2.24) is 29.6 Å². The van der Waals surface area contributed by atoms with E-state index in [1.807, 2.05) is 39.2 Å². The van der Waals surface area contributed by atoms with E-state index in [-0.39, 0.29) is 5.56 Å². The molecule has 132 valence electrons. The van der Waals surface area contributed by atoms with Gasteiger partial charge in [-0.2, -0.15) is 0 Å². The van der Waals surface area contributed by atoms with Crippen LogP contribution in [0.4, 0.5) is 5.82 Å². The third-order valence-electron chi connectivity index (χ3n) is 4.19. The lowest BCUT2D eigenvalue weighted by Crippen LogP contribution is -2.40. The Hall–Kier alpha value is -3.49. The molecule has 3 aromatic heterocycles. The van der Waals surface area contributed by atoms with Crippen LogP contribution in [0.25, 0.3) is 22.1 Å². The molecule has 0 aliphatic carbocycles. The average Bonchev–Trinajstić information content (AvgIpc) is 3.08. The second-order valence-electron chi connectivity index (χ2n) is 6.14. The van der Waals surface area contributed by atoms with Gasteiger partial charge in [-0.1, -0.05) is 12.1 Å². The number of aromatic amines is 1. The zero-order chi connectivity index (χ0) is 18.3. The molecule has 0 fully saturated rings. The molecule has 0 unspecified atom stereocenters. The Morgan fingerprint density at radius 1 is 1.23 bits per heavy atom. The van der Waals surface area contributed by atoms with E-state index in [0.29, 0.717) is 40.3 Å². The number of aromatic nitrogens is 6. The van der Waals surface area contributed by atoms with Crippen molar-refractivity contribution < 1.29 is 0 Å². The average molecular weight is 350 g/mol. The summed E-state index contributed by atoms with van der Waals surface area (Å²) in [6.45, 7) is 2.24. The van der Waals surface area contributed by atoms with Crippen molar-refractivity contribution in [1.29, 1.82) is 0 Å². The molecule has 4 aromatic rings. The topological polar surface area (TPSA) is 105 Å². The molecule has 0 atom stereocenters. The molecule has 0 spiro atoms. The van der Waals surface area contributed by atoms with Crippen LogP contribution in [0, 0.1) is 6.92 Å². The van der Waals surface area contributed by atoms with Gasteiger partial charge in [-0.05, 0) is 18.6 Å². The van der Waals surface area contributed by atoms with E-state index in [4.69, 9.17) is 4.98 Å². The predicted octanol–water partition coefficient (Wildman–Crippen LogP) is 1.18. The van der Waals surface area contributed by atoms with E-state index in [1.165, 1.54) is 6.33 Å². The zero-order valence-corrected chi connectivity index (χ0v) is 14.7. The molecule has 0 aliphatic rings. The summed E-state index contributed by atoms with van der Waals surface area (Å²) in [5.41, 5.74) is 2.78. The van der Waals surface area contributed by atoms with E-state index < -0.39 is 0 Å². The highest BCUT2D eigenvalue weighted by atomic mass is 16.1. The number of rotatable bonds is 4. The van der Waals surface area contributed by atoms with Crippen LogP contribution in [0.15, 0.2) is 35.6 Å². The Labute approximate surface area is 148 Å². The van der Waals surface area contributed by atoms with E-state index in [0.717, 1.165) is 5.56 Å². The van der Waals surface area contributed by atoms with Crippen molar-refractivity contribution in [2.75, 3.05) is 24.4 Å². The molecule has 0 aliphatic heterocycles. The summed E-state index contributed by atoms with van der Waals surface area (Å²) in [7, 11) is 3.63. The second kappa shape index (κ2) is 6.10. The molecule has 0 saturated carbocycles. The van der Waals surface area contributed by atoms with Crippen molar-refractivity contribution in [2.24, 2.45) is 0 Å². The molecule has 9 nitrogen and oxygen atoms in total. The first-order valence-electron chi connectivity index (χ1n) is 8.13. The third-order valence-corrected chi connectivity index (χ3v) is 4.19. The molecule has 2 N–H and O–H groups in total. The number of fused-ring (bicyclic) bond motifs is 2. The smallest absolute Gasteiger partial charge is 0.280 e. The maximum atomic E-state index is 13.0. The number of hydrogen-bond donors (Lipinski definition) is 2. The summed E-state index contributed by atoms with van der Waals surface area (Å²) in [6, 6.07) is 5.67. The van der Waals surface area contributed by atoms with Gasteiger partial charge < -0.3 is 15.3 Å². The SMILES string of the molecule is Cc1cccc2nc(CNc3ncnc4nc[nH]c34)n(N(C)C)c(=O)c12. The molecular weight excluding hydrogens is 332 g/mol. The molecule has 4 rings (SSSR count). The third kappa shape index (κ3) is 2.53. The Kier molecular flexibility index (Phi) is 3.76. The van der Waals surface area contributed by atoms with Gasteiger partial charge in [0.2, 0.25) is 0 Å². The summed E-state index contributed by atoms with van der Waals surface area (Å²) < 4.78 is 1.56. The van der Waals surface area contributed by atoms with Crippen molar-refractivity contribution >= 4 is 27.9 Å². The summed E-state index contributed by atoms with van der Waals surface area (Å²) in [5.74, 6) is 1.20. The Morgan fingerprint density at radius 2 is 2.08 bits per heavy atom. The highest BCUT2D eigenvalue weighted by Crippen LogP contribution is 2.16. The van der Waals surface area contributed by atoms with Gasteiger partial charge in [0.25, 0.3) is 5.56 Å². The van der Waals surface area contributed by atoms with Crippen molar-refractivity contribution in [3.63, 3.8) is 0 Å². The van der Waals surface area contributed by atoms with Crippen LogP contribution >= 0.6 is 0 Å². The summed E-state index contributed by atoms with van der Waals surface area (Å²) >= 11 is 0. The first-order valence-corrected chi connectivity index (χ1v) is 8.13. The molecule has 9 heteroatoms. The van der Waals surface area contributed by atoms with Gasteiger partial charge in [0.15, 0.2) is 17.3 Å². The van der Waals surface area contributed by atoms with Gasteiger partial charge in [-0.25, -0.2) is 24.6 Å². The number of imidazole rings is 1. The molecule has 0 radical (unpaired) electrons. The van der Waals surface area contributed by atoms with Gasteiger partial charge >= 0.3 is 0 Å². The number of anilines is 1. The molecule has 1 aromatic carbocycles. The van der Waals surface area contributed by atoms with E-state index in [1.54, 1.807) is 16.0 Å². The normalized spacial score (nSPS) is 11.2. The van der Waals surface area contributed by atoms with E-state index >= 15 is 0 Å². The largest absolute Gasteiger partial charge is 0.361 e. The zero-order valence-electron chi connectivity index (χ0n) is 14.7. The van der Waals surface area contributed by atoms with E-state index in [2.05, 4.69) is 25.3 Å². The van der Waals surface area contributed by atoms with Gasteiger partial charge in [0.05, 0.1) is 23.8 Å². The van der Waals surface area contributed by atoms with Gasteiger partial charge in [-0.15, -0.1) is 0 Å². The number of nitrogens with one attached hydrogen (secondary N) is 2. The predicted molar refractivity (Wildman–Crippen MR) is 99.8 cm³/mol. The molecule has 26 heavy (non-hydrogen) atoms. The fraction of sp³-hybridized carbons (Fsp3) is 0.235. The van der Waals surface area contributed by atoms with Crippen LogP contribution in [0.2, 0.25) is 0 Å². The quantitative estimate of drug-likeness (QED) is 0.569. The van der Waals surface area contributed by atoms with Crippen molar-refractivity contribution in [3.8, 4) is 0 Å². The number of hydrogen-bond acceptors (Lipinski definition) is 7. The summed E-state index contributed by atoms with van der Waals surface area (Å²) in [4.78, 5) is 33.2. The van der Waals surface area contributed by atoms with Crippen LogP contribution < -0.4 is 15.9 Å². The fourth-order valence-corrected chi connectivity index (χ4v) is 3.02. The van der Waals surface area contributed by atoms with Crippen LogP contribution in [-0.4, -0.2) is 43.7 Å². The van der Waals surface area contributed by atoms with Crippen LogP contribution in [0.1, 0.15) is 11.4 Å². The molecule has 0 saturated heterocycles. The Bertz CT molecular complexity index is 1160. The lowest BCUT2D eigenvalue weighted by atomic mass is 10.1. The Morgan fingerprint density at radius 3 is 2.88 bits per heavy atom. The fourth-order valence-electron chi connectivity index (χ4n) is 3.02. The molecule has 0 bridgehead atoms. The molecule has 0 amide bonds. The maximum absolute atomic E-state index is 13.0. The highest BCUT2D eigenvalue weighted by molar-refractivity contribution is 5.82. The first-order chi connectivity index (χ1) is 12.6. The number of nitrogens with zero attached hydrogens (tertiary/aromatic N) is 6. The minimum Gasteiger partial charge on any atom is -0.361 e. The van der Waals surface area contributed by atoms with Crippen LogP contribution in [0.5, 0.6) is 0 Å². The highest BCUT2D eigenvalue weighted by Gasteiger charge is 2.15. The number of aryl methyl sites for hydroxylation is 1. The lowest BCUT2D eigenvalue weighted by molar-refractivity contribution is 0.645. The van der Waals surface area contributed by atoms with E-state index in [9.17, 15) is 4.79 Å². The van der Waals surface area contributed by atoms with Crippen molar-refractivity contribution in [2.45, 2.75) is 13.5 Å². The lowest BCUT2D eigenvalue weighted by Gasteiger charge is -2.21. The monoisotopic (exact) mass is 350 g/mol. The number of H-pyrrole nitrogens is 1. The summed E-state index contributed by atoms with van der Waals surface area (Å²) in [6.07, 6.45) is 3.01. The van der Waals surface area contributed by atoms with Gasteiger partial charge in [0, 0.05) is 14.1 Å². The van der Waals surface area contributed by atoms with Crippen molar-refractivity contribution in [3.05, 3.63) is 52.6 Å². The summed E-state index contributed by atoms with van der Waals surface area (Å²) in [5, 5.41) is 5.57. The number of benzene rings is 1. The minimum absolute atomic E-state index is 0.0933.